The van der Waals surface area contributed by atoms with Crippen molar-refractivity contribution in [3.05, 3.63) is 408 Å². The standard InChI is InChI=1S/C136H132N2/c1-9-13-17-21-35-79-135(80-36-22-18-14-10-2)121-57-33-31-55-111(121)117-73-65-105(91-127(117)135)103-63-71-115-113-69-61-101(87-123(113)133(5,6)125(115)89-103)97-45-39-43-95(83-97)99-47-41-53-109(85-99)137(107-49-27-25-28-50-107)129-77-67-93-60-76-120-130(78-68-94-59-75-119(129)131(93)132(94)120)138(108-51-29-26-30-52-108)110-54-42-48-100(86-110)96-44-40-46-98(84-96)102-62-70-114-116-72-64-104(90-126(116)134(7,8)124(114)88-102)106-66-74-118-112-56-32-34-58-122(112)136(128(118)92-106,81-37-23-19-15-11-3)82-38-24-20-16-12-4/h25-34,39-78,83-92H,9-24,35-38,79-82H2,1-8H3. The van der Waals surface area contributed by atoms with E-state index in [9.17, 15) is 0 Å². The minimum absolute atomic E-state index is 0.0389. The Labute approximate surface area is 821 Å². The molecular formula is C136H132N2. The van der Waals surface area contributed by atoms with Gasteiger partial charge in [-0.25, -0.2) is 0 Å². The maximum atomic E-state index is 2.63. The van der Waals surface area contributed by atoms with E-state index in [2.05, 4.69) is 429 Å². The molecule has 18 aromatic carbocycles. The van der Waals surface area contributed by atoms with Crippen molar-refractivity contribution in [1.29, 1.82) is 0 Å². The minimum Gasteiger partial charge on any atom is -0.310 e. The van der Waals surface area contributed by atoms with Gasteiger partial charge in [0.2, 0.25) is 0 Å². The van der Waals surface area contributed by atoms with Crippen LogP contribution in [0.1, 0.15) is 254 Å². The van der Waals surface area contributed by atoms with Crippen LogP contribution in [0.2, 0.25) is 0 Å². The summed E-state index contributed by atoms with van der Waals surface area (Å²) in [5.74, 6) is 0. The molecule has 4 aliphatic carbocycles. The Morgan fingerprint density at radius 2 is 0.428 bits per heavy atom. The largest absolute Gasteiger partial charge is 0.310 e. The Morgan fingerprint density at radius 1 is 0.181 bits per heavy atom. The molecule has 0 atom stereocenters. The molecule has 2 heteroatoms. The SMILES string of the molecule is CCCCCCCC1(CCCCCCC)c2ccccc2-c2ccc(-c3ccc4c(c3)C(C)(C)c3cc(-c5cccc(-c6cccc(N(c7ccccc7)c7ccc8ccc9c(N(c%10ccccc%10)c%10cccc(-c%11cccc(-c%12ccc%13c(c%12)C(C)(C)c%12cc(-c%14ccc%15c(c%14)C(CCCCCCC)(CCCCCCC)c%14ccccc%14-%15)ccc%12-%13)c%11)c%10)ccc%10ccc7c8c%109)c6)c5)ccc3-4)cc21. The Balaban J connectivity index is 0.544. The fourth-order valence-corrected chi connectivity index (χ4v) is 25.5. The van der Waals surface area contributed by atoms with Crippen LogP contribution in [0, 0.1) is 0 Å². The van der Waals surface area contributed by atoms with E-state index in [4.69, 9.17) is 0 Å². The molecule has 0 unspecified atom stereocenters. The summed E-state index contributed by atoms with van der Waals surface area (Å²) >= 11 is 0. The molecule has 0 heterocycles. The summed E-state index contributed by atoms with van der Waals surface area (Å²) in [4.78, 5) is 4.96. The minimum atomic E-state index is -0.211. The predicted octanol–water partition coefficient (Wildman–Crippen LogP) is 40.1. The zero-order chi connectivity index (χ0) is 93.6. The first-order valence-electron chi connectivity index (χ1n) is 52.7. The average Bonchev–Trinajstić information content (AvgIpc) is 1.26. The van der Waals surface area contributed by atoms with Gasteiger partial charge in [-0.05, 0) is 312 Å². The topological polar surface area (TPSA) is 6.48 Å². The Bertz CT molecular complexity index is 7060. The zero-order valence-corrected chi connectivity index (χ0v) is 82.5. The summed E-state index contributed by atoms with van der Waals surface area (Å²) in [5.41, 5.74) is 44.2. The first-order valence-corrected chi connectivity index (χ1v) is 52.7. The van der Waals surface area contributed by atoms with Crippen LogP contribution in [-0.2, 0) is 21.7 Å². The summed E-state index contributed by atoms with van der Waals surface area (Å²) in [6.07, 6.45) is 30.9. The van der Waals surface area contributed by atoms with Gasteiger partial charge in [-0.2, -0.15) is 0 Å². The van der Waals surface area contributed by atoms with Crippen molar-refractivity contribution in [2.24, 2.45) is 0 Å². The highest BCUT2D eigenvalue weighted by atomic mass is 15.2. The second-order valence-electron chi connectivity index (χ2n) is 41.9. The first kappa shape index (κ1) is 89.8. The highest BCUT2D eigenvalue weighted by Gasteiger charge is 2.46. The number of anilines is 6. The van der Waals surface area contributed by atoms with Crippen molar-refractivity contribution >= 4 is 66.4 Å². The van der Waals surface area contributed by atoms with Crippen molar-refractivity contribution in [2.75, 3.05) is 9.80 Å². The summed E-state index contributed by atoms with van der Waals surface area (Å²) < 4.78 is 0. The molecule has 138 heavy (non-hydrogen) atoms. The van der Waals surface area contributed by atoms with Crippen LogP contribution in [0.3, 0.4) is 0 Å². The van der Waals surface area contributed by atoms with Crippen LogP contribution in [0.4, 0.5) is 34.1 Å². The highest BCUT2D eigenvalue weighted by molar-refractivity contribution is 6.28. The fourth-order valence-electron chi connectivity index (χ4n) is 25.5. The van der Waals surface area contributed by atoms with Crippen LogP contribution in [0.5, 0.6) is 0 Å². The van der Waals surface area contributed by atoms with Crippen molar-refractivity contribution < 1.29 is 0 Å². The second kappa shape index (κ2) is 38.2. The van der Waals surface area contributed by atoms with Crippen LogP contribution in [0.15, 0.2) is 364 Å². The lowest BCUT2D eigenvalue weighted by Gasteiger charge is -2.33. The molecule has 0 N–H and O–H groups in total. The van der Waals surface area contributed by atoms with Crippen LogP contribution < -0.4 is 9.80 Å². The number of para-hydroxylation sites is 2. The number of unbranched alkanes of at least 4 members (excludes halogenated alkanes) is 16. The van der Waals surface area contributed by atoms with Crippen LogP contribution >= 0.6 is 0 Å². The number of rotatable bonds is 36. The molecule has 0 amide bonds. The lowest BCUT2D eigenvalue weighted by molar-refractivity contribution is 0.399. The highest BCUT2D eigenvalue weighted by Crippen LogP contribution is 2.60. The molecule has 0 fully saturated rings. The van der Waals surface area contributed by atoms with Crippen molar-refractivity contribution in [3.8, 4) is 111 Å². The van der Waals surface area contributed by atoms with Gasteiger partial charge >= 0.3 is 0 Å². The van der Waals surface area contributed by atoms with Crippen molar-refractivity contribution in [2.45, 2.75) is 231 Å². The Morgan fingerprint density at radius 3 is 0.746 bits per heavy atom. The molecule has 18 aromatic rings. The average molecular weight is 1790 g/mol. The van der Waals surface area contributed by atoms with Gasteiger partial charge in [0.25, 0.3) is 0 Å². The van der Waals surface area contributed by atoms with Gasteiger partial charge in [0, 0.05) is 55.2 Å². The molecule has 0 aromatic heterocycles. The quantitative estimate of drug-likeness (QED) is 0.0285. The van der Waals surface area contributed by atoms with Crippen molar-refractivity contribution in [1.82, 2.24) is 0 Å². The third-order valence-corrected chi connectivity index (χ3v) is 32.8. The van der Waals surface area contributed by atoms with Gasteiger partial charge < -0.3 is 9.80 Å². The van der Waals surface area contributed by atoms with E-state index in [1.807, 2.05) is 0 Å². The molecule has 0 saturated carbocycles. The molecular weight excluding hydrogens is 1660 g/mol. The lowest BCUT2D eigenvalue weighted by atomic mass is 9.70. The van der Waals surface area contributed by atoms with Gasteiger partial charge in [0.15, 0.2) is 0 Å². The van der Waals surface area contributed by atoms with E-state index in [1.165, 1.54) is 309 Å². The molecule has 0 radical (unpaired) electrons. The van der Waals surface area contributed by atoms with E-state index in [0.29, 0.717) is 0 Å². The number of fused-ring (bicyclic) bond motifs is 12. The van der Waals surface area contributed by atoms with Gasteiger partial charge in [-0.1, -0.05) is 439 Å². The van der Waals surface area contributed by atoms with E-state index >= 15 is 0 Å². The molecule has 0 bridgehead atoms. The van der Waals surface area contributed by atoms with E-state index < -0.39 is 0 Å². The molecule has 686 valence electrons. The summed E-state index contributed by atoms with van der Waals surface area (Å²) in [6, 6.07) is 141. The van der Waals surface area contributed by atoms with Crippen LogP contribution in [0.25, 0.3) is 144 Å². The van der Waals surface area contributed by atoms with Crippen molar-refractivity contribution in [3.63, 3.8) is 0 Å². The number of hydrogen-bond donors (Lipinski definition) is 0. The van der Waals surface area contributed by atoms with Gasteiger partial charge in [0.05, 0.1) is 11.4 Å². The number of benzene rings is 18. The van der Waals surface area contributed by atoms with Gasteiger partial charge in [-0.15, -0.1) is 0 Å². The lowest BCUT2D eigenvalue weighted by Crippen LogP contribution is -2.25. The fraction of sp³-hybridized carbons (Fsp3) is 0.265. The summed E-state index contributed by atoms with van der Waals surface area (Å²) in [6.45, 7) is 19.1. The molecule has 0 saturated heterocycles. The monoisotopic (exact) mass is 1790 g/mol. The second-order valence-corrected chi connectivity index (χ2v) is 41.9. The number of hydrogen-bond acceptors (Lipinski definition) is 2. The third kappa shape index (κ3) is 16.2. The molecule has 2 nitrogen and oxygen atoms in total. The Kier molecular flexibility index (Phi) is 24.8. The Hall–Kier alpha value is -13.4. The summed E-state index contributed by atoms with van der Waals surface area (Å²) in [7, 11) is 0. The maximum Gasteiger partial charge on any atom is 0.0540 e. The molecule has 22 rings (SSSR count). The predicted molar refractivity (Wildman–Crippen MR) is 593 cm³/mol. The smallest absolute Gasteiger partial charge is 0.0540 e. The van der Waals surface area contributed by atoms with E-state index in [1.54, 1.807) is 22.3 Å². The van der Waals surface area contributed by atoms with Crippen LogP contribution in [-0.4, -0.2) is 0 Å². The normalized spacial score (nSPS) is 14.0. The molecule has 0 spiro atoms. The summed E-state index contributed by atoms with van der Waals surface area (Å²) in [5, 5.41) is 7.33. The maximum absolute atomic E-state index is 2.63. The van der Waals surface area contributed by atoms with E-state index in [-0.39, 0.29) is 21.7 Å². The molecule has 4 aliphatic rings. The number of nitrogens with zero attached hydrogens (tertiary/aromatic N) is 2. The van der Waals surface area contributed by atoms with Gasteiger partial charge in [-0.3, -0.25) is 0 Å². The van der Waals surface area contributed by atoms with Gasteiger partial charge in [0.1, 0.15) is 0 Å². The third-order valence-electron chi connectivity index (χ3n) is 32.8. The zero-order valence-electron chi connectivity index (χ0n) is 82.5. The molecule has 0 aliphatic heterocycles. The first-order chi connectivity index (χ1) is 67.7. The van der Waals surface area contributed by atoms with E-state index in [0.717, 1.165) is 45.3 Å².